The van der Waals surface area contributed by atoms with Gasteiger partial charge in [-0.15, -0.1) is 10.2 Å². The number of aromatic nitrogens is 4. The van der Waals surface area contributed by atoms with Crippen LogP contribution in [-0.4, -0.2) is 68.1 Å². The number of piperidine rings is 2. The Labute approximate surface area is 181 Å². The lowest BCUT2D eigenvalue weighted by Gasteiger charge is -2.51. The molecule has 31 heavy (non-hydrogen) atoms. The van der Waals surface area contributed by atoms with Gasteiger partial charge in [0.2, 0.25) is 0 Å². The molecule has 4 heterocycles. The highest BCUT2D eigenvalue weighted by molar-refractivity contribution is 5.69. The Kier molecular flexibility index (Phi) is 5.09. The maximum absolute atomic E-state index is 15.3. The molecule has 2 aliphatic heterocycles. The Morgan fingerprint density at radius 2 is 2.03 bits per heavy atom. The molecule has 4 atom stereocenters. The second-order valence-corrected chi connectivity index (χ2v) is 8.62. The maximum Gasteiger partial charge on any atom is 0.151 e. The van der Waals surface area contributed by atoms with Crippen molar-refractivity contribution in [1.29, 1.82) is 0 Å². The lowest BCUT2D eigenvalue weighted by Crippen LogP contribution is -2.62. The molecule has 0 saturated carbocycles. The molecule has 2 bridgehead atoms. The van der Waals surface area contributed by atoms with Crippen molar-refractivity contribution in [3.8, 4) is 22.7 Å². The van der Waals surface area contributed by atoms with Crippen LogP contribution < -0.4 is 4.90 Å². The van der Waals surface area contributed by atoms with Crippen LogP contribution in [0.15, 0.2) is 49.1 Å². The molecular formula is C23H27FN6O. The summed E-state index contributed by atoms with van der Waals surface area (Å²) in [7, 11) is 3.95. The molecule has 0 spiro atoms. The Balaban J connectivity index is 1.35. The van der Waals surface area contributed by atoms with E-state index in [1.165, 1.54) is 0 Å². The van der Waals surface area contributed by atoms with Gasteiger partial charge in [-0.1, -0.05) is 6.42 Å². The van der Waals surface area contributed by atoms with E-state index in [1.54, 1.807) is 18.6 Å². The summed E-state index contributed by atoms with van der Waals surface area (Å²) >= 11 is 0. The van der Waals surface area contributed by atoms with Crippen LogP contribution in [0.1, 0.15) is 25.7 Å². The first-order valence-corrected chi connectivity index (χ1v) is 10.8. The molecule has 8 heteroatoms. The third kappa shape index (κ3) is 3.54. The van der Waals surface area contributed by atoms with Gasteiger partial charge in [-0.2, -0.15) is 0 Å². The summed E-state index contributed by atoms with van der Waals surface area (Å²) < 4.78 is 17.1. The molecule has 2 saturated heterocycles. The number of fused-ring (bicyclic) bond motifs is 2. The van der Waals surface area contributed by atoms with Gasteiger partial charge in [0.05, 0.1) is 23.8 Å². The number of alkyl halides is 1. The van der Waals surface area contributed by atoms with Gasteiger partial charge in [0.15, 0.2) is 5.82 Å². The molecule has 2 aromatic heterocycles. The summed E-state index contributed by atoms with van der Waals surface area (Å²) in [5.74, 6) is 0.766. The van der Waals surface area contributed by atoms with E-state index < -0.39 is 6.17 Å². The van der Waals surface area contributed by atoms with Crippen LogP contribution in [-0.2, 0) is 0 Å². The molecule has 2 aliphatic rings. The minimum absolute atomic E-state index is 0.0156. The smallest absolute Gasteiger partial charge is 0.151 e. The number of benzene rings is 1. The number of phenols is 1. The molecule has 0 amide bonds. The number of hydrogen-bond acceptors (Lipinski definition) is 6. The fourth-order valence-electron chi connectivity index (χ4n) is 5.08. The highest BCUT2D eigenvalue weighted by Gasteiger charge is 2.45. The molecular weight excluding hydrogens is 395 g/mol. The molecule has 5 rings (SSSR count). The van der Waals surface area contributed by atoms with Gasteiger partial charge < -0.3 is 14.6 Å². The first kappa shape index (κ1) is 19.9. The number of rotatable bonds is 4. The number of hydrogen-bond donors (Lipinski definition) is 1. The van der Waals surface area contributed by atoms with Crippen LogP contribution in [0.25, 0.3) is 16.9 Å². The summed E-state index contributed by atoms with van der Waals surface area (Å²) in [5.41, 5.74) is 1.98. The monoisotopic (exact) mass is 422 g/mol. The SMILES string of the molecule is CN(c1ccc(-c2ccc(-n3ccnc3)cc2O)nn1)[C@@H]1C[C@H]2CCC[C@@H]([C@H]1F)N2C. The Hall–Kier alpha value is -3.00. The molecule has 7 nitrogen and oxygen atoms in total. The lowest BCUT2D eigenvalue weighted by atomic mass is 9.80. The Bertz CT molecular complexity index is 1040. The number of imidazole rings is 1. The van der Waals surface area contributed by atoms with Crippen molar-refractivity contribution in [2.45, 2.75) is 50.0 Å². The molecule has 0 unspecified atom stereocenters. The topological polar surface area (TPSA) is 70.3 Å². The summed E-state index contributed by atoms with van der Waals surface area (Å²) in [6.07, 6.45) is 8.21. The van der Waals surface area contributed by atoms with E-state index >= 15 is 4.39 Å². The van der Waals surface area contributed by atoms with E-state index in [1.807, 2.05) is 47.0 Å². The van der Waals surface area contributed by atoms with E-state index in [-0.39, 0.29) is 17.8 Å². The zero-order chi connectivity index (χ0) is 21.5. The summed E-state index contributed by atoms with van der Waals surface area (Å²) in [6, 6.07) is 9.27. The van der Waals surface area contributed by atoms with Crippen molar-refractivity contribution >= 4 is 5.82 Å². The molecule has 2 fully saturated rings. The van der Waals surface area contributed by atoms with Gasteiger partial charge in [-0.05, 0) is 50.6 Å². The number of anilines is 1. The predicted octanol–water partition coefficient (Wildman–Crippen LogP) is 3.43. The van der Waals surface area contributed by atoms with Gasteiger partial charge in [-0.25, -0.2) is 9.37 Å². The summed E-state index contributed by atoms with van der Waals surface area (Å²) in [4.78, 5) is 8.18. The predicted molar refractivity (Wildman–Crippen MR) is 117 cm³/mol. The van der Waals surface area contributed by atoms with E-state index in [0.717, 1.165) is 31.4 Å². The van der Waals surface area contributed by atoms with Crippen LogP contribution in [0.4, 0.5) is 10.2 Å². The molecule has 162 valence electrons. The van der Waals surface area contributed by atoms with E-state index in [2.05, 4.69) is 27.1 Å². The standard InChI is InChI=1S/C23H27FN6O/c1-28-15-4-3-5-19(28)23(24)20(12-15)29(2)22-9-8-18(26-27-22)17-7-6-16(13-21(17)31)30-11-10-25-14-30/h6-11,13-15,19-20,23,31H,3-5,12H2,1-2H3/t15-,19+,20-,23-/m1/s1. The minimum atomic E-state index is -0.909. The number of aromatic hydroxyl groups is 1. The Morgan fingerprint density at radius 1 is 1.16 bits per heavy atom. The zero-order valence-corrected chi connectivity index (χ0v) is 17.8. The Morgan fingerprint density at radius 3 is 2.74 bits per heavy atom. The minimum Gasteiger partial charge on any atom is -0.507 e. The number of nitrogens with zero attached hydrogens (tertiary/aromatic N) is 6. The first-order chi connectivity index (χ1) is 15.0. The van der Waals surface area contributed by atoms with Crippen molar-refractivity contribution in [3.63, 3.8) is 0 Å². The van der Waals surface area contributed by atoms with Crippen LogP contribution in [0.2, 0.25) is 0 Å². The second-order valence-electron chi connectivity index (χ2n) is 8.62. The van der Waals surface area contributed by atoms with E-state index in [0.29, 0.717) is 23.1 Å². The summed E-state index contributed by atoms with van der Waals surface area (Å²) in [6.45, 7) is 0. The van der Waals surface area contributed by atoms with Crippen molar-refractivity contribution < 1.29 is 9.50 Å². The van der Waals surface area contributed by atoms with E-state index in [4.69, 9.17) is 0 Å². The second kappa shape index (κ2) is 7.92. The normalized spacial score (nSPS) is 26.0. The lowest BCUT2D eigenvalue weighted by molar-refractivity contribution is -0.00672. The first-order valence-electron chi connectivity index (χ1n) is 10.8. The highest BCUT2D eigenvalue weighted by atomic mass is 19.1. The van der Waals surface area contributed by atoms with Gasteiger partial charge in [0, 0.05) is 43.2 Å². The quantitative estimate of drug-likeness (QED) is 0.695. The van der Waals surface area contributed by atoms with Crippen molar-refractivity contribution in [3.05, 3.63) is 49.1 Å². The molecule has 1 aromatic carbocycles. The molecule has 0 radical (unpaired) electrons. The van der Waals surface area contributed by atoms with Crippen LogP contribution in [0, 0.1) is 0 Å². The van der Waals surface area contributed by atoms with Crippen molar-refractivity contribution in [2.75, 3.05) is 19.0 Å². The molecule has 0 aliphatic carbocycles. The highest BCUT2D eigenvalue weighted by Crippen LogP contribution is 2.37. The van der Waals surface area contributed by atoms with Crippen molar-refractivity contribution in [1.82, 2.24) is 24.6 Å². The largest absolute Gasteiger partial charge is 0.507 e. The summed E-state index contributed by atoms with van der Waals surface area (Å²) in [5, 5.41) is 19.2. The third-order valence-corrected chi connectivity index (χ3v) is 6.95. The van der Waals surface area contributed by atoms with Gasteiger partial charge >= 0.3 is 0 Å². The molecule has 3 aromatic rings. The van der Waals surface area contributed by atoms with E-state index in [9.17, 15) is 5.11 Å². The fraction of sp³-hybridized carbons (Fsp3) is 0.435. The van der Waals surface area contributed by atoms with Crippen molar-refractivity contribution in [2.24, 2.45) is 0 Å². The fourth-order valence-corrected chi connectivity index (χ4v) is 5.08. The number of halogens is 1. The van der Waals surface area contributed by atoms with Crippen LogP contribution in [0.3, 0.4) is 0 Å². The van der Waals surface area contributed by atoms with Crippen LogP contribution >= 0.6 is 0 Å². The van der Waals surface area contributed by atoms with Gasteiger partial charge in [0.25, 0.3) is 0 Å². The van der Waals surface area contributed by atoms with Gasteiger partial charge in [0.1, 0.15) is 11.9 Å². The zero-order valence-electron chi connectivity index (χ0n) is 17.8. The van der Waals surface area contributed by atoms with Gasteiger partial charge in [-0.3, -0.25) is 4.90 Å². The molecule has 1 N–H and O–H groups in total. The average molecular weight is 423 g/mol. The van der Waals surface area contributed by atoms with Crippen LogP contribution in [0.5, 0.6) is 5.75 Å². The third-order valence-electron chi connectivity index (χ3n) is 6.95. The average Bonchev–Trinajstić information content (AvgIpc) is 3.31. The maximum atomic E-state index is 15.3. The number of phenolic OH excluding ortho intramolecular Hbond substituents is 1.